The van der Waals surface area contributed by atoms with E-state index in [9.17, 15) is 18.0 Å². The molecule has 0 unspecified atom stereocenters. The van der Waals surface area contributed by atoms with E-state index >= 15 is 0 Å². The highest BCUT2D eigenvalue weighted by molar-refractivity contribution is 6.42. The van der Waals surface area contributed by atoms with Gasteiger partial charge in [0.15, 0.2) is 5.69 Å². The molecule has 5 nitrogen and oxygen atoms in total. The molecule has 2 rings (SSSR count). The Morgan fingerprint density at radius 2 is 1.90 bits per heavy atom. The van der Waals surface area contributed by atoms with E-state index in [0.717, 1.165) is 12.1 Å². The predicted molar refractivity (Wildman–Crippen MR) is 65.4 cm³/mol. The molecular formula is C10H5Cl2F3N4O. The zero-order valence-corrected chi connectivity index (χ0v) is 10.9. The minimum atomic E-state index is -4.70. The van der Waals surface area contributed by atoms with Gasteiger partial charge in [0.2, 0.25) is 0 Å². The summed E-state index contributed by atoms with van der Waals surface area (Å²) in [6, 6.07) is 1.86. The van der Waals surface area contributed by atoms with Crippen molar-refractivity contribution in [3.8, 4) is 11.3 Å². The summed E-state index contributed by atoms with van der Waals surface area (Å²) in [4.78, 5) is 11.1. The number of carbonyl (C=O) groups is 1. The van der Waals surface area contributed by atoms with Gasteiger partial charge in [-0.25, -0.2) is 0 Å². The van der Waals surface area contributed by atoms with Gasteiger partial charge >= 0.3 is 6.18 Å². The number of alkyl halides is 3. The van der Waals surface area contributed by atoms with Gasteiger partial charge in [-0.3, -0.25) is 4.79 Å². The Morgan fingerprint density at radius 1 is 1.25 bits per heavy atom. The van der Waals surface area contributed by atoms with Gasteiger partial charge < -0.3 is 5.73 Å². The Balaban J connectivity index is 2.67. The molecule has 0 radical (unpaired) electrons. The van der Waals surface area contributed by atoms with Crippen molar-refractivity contribution in [1.29, 1.82) is 0 Å². The van der Waals surface area contributed by atoms with Crippen LogP contribution in [0, 0.1) is 0 Å². The minimum absolute atomic E-state index is 0.0747. The topological polar surface area (TPSA) is 84.7 Å². The van der Waals surface area contributed by atoms with Gasteiger partial charge in [-0.05, 0) is 12.1 Å². The lowest BCUT2D eigenvalue weighted by atomic mass is 10.1. The fourth-order valence-electron chi connectivity index (χ4n) is 1.54. The molecule has 0 bridgehead atoms. The van der Waals surface area contributed by atoms with Crippen LogP contribution in [0.3, 0.4) is 0 Å². The maximum Gasteiger partial charge on any atom is 0.417 e. The molecule has 2 aromatic rings. The monoisotopic (exact) mass is 324 g/mol. The fraction of sp³-hybridized carbons (Fsp3) is 0.100. The third-order valence-corrected chi connectivity index (χ3v) is 3.19. The molecule has 1 aromatic carbocycles. The number of nitrogens with zero attached hydrogens (tertiary/aromatic N) is 2. The van der Waals surface area contributed by atoms with E-state index in [1.807, 2.05) is 0 Å². The van der Waals surface area contributed by atoms with Crippen LogP contribution in [0.4, 0.5) is 13.2 Å². The van der Waals surface area contributed by atoms with Crippen molar-refractivity contribution < 1.29 is 18.0 Å². The summed E-state index contributed by atoms with van der Waals surface area (Å²) in [6.07, 6.45) is -4.70. The number of nitrogens with one attached hydrogen (secondary N) is 1. The summed E-state index contributed by atoms with van der Waals surface area (Å²) >= 11 is 11.2. The SMILES string of the molecule is NC(=O)c1n[nH]nc1-c1cc(Cl)c(Cl)c(C(F)(F)F)c1. The summed E-state index contributed by atoms with van der Waals surface area (Å²) in [5.74, 6) is -0.937. The number of amides is 1. The van der Waals surface area contributed by atoms with E-state index in [-0.39, 0.29) is 22.0 Å². The molecule has 0 fully saturated rings. The molecule has 0 atom stereocenters. The van der Waals surface area contributed by atoms with Gasteiger partial charge in [0, 0.05) is 5.56 Å². The largest absolute Gasteiger partial charge is 0.417 e. The molecule has 10 heteroatoms. The smallest absolute Gasteiger partial charge is 0.364 e. The summed E-state index contributed by atoms with van der Waals surface area (Å²) in [5, 5.41) is 8.22. The fourth-order valence-corrected chi connectivity index (χ4v) is 1.97. The molecule has 0 aliphatic heterocycles. The molecule has 0 aliphatic rings. The first-order valence-electron chi connectivity index (χ1n) is 4.99. The summed E-state index contributed by atoms with van der Waals surface area (Å²) in [6.45, 7) is 0. The van der Waals surface area contributed by atoms with Crippen LogP contribution in [-0.4, -0.2) is 21.3 Å². The number of aromatic amines is 1. The maximum atomic E-state index is 12.8. The van der Waals surface area contributed by atoms with Gasteiger partial charge in [-0.2, -0.15) is 28.6 Å². The van der Waals surface area contributed by atoms with Crippen molar-refractivity contribution in [2.45, 2.75) is 6.18 Å². The van der Waals surface area contributed by atoms with Crippen LogP contribution in [-0.2, 0) is 6.18 Å². The number of benzene rings is 1. The molecule has 106 valence electrons. The predicted octanol–water partition coefficient (Wildman–Crippen LogP) is 2.90. The van der Waals surface area contributed by atoms with E-state index in [0.29, 0.717) is 0 Å². The third-order valence-electron chi connectivity index (χ3n) is 2.39. The molecule has 1 amide bonds. The average molecular weight is 325 g/mol. The number of hydrogen-bond acceptors (Lipinski definition) is 3. The van der Waals surface area contributed by atoms with Crippen molar-refractivity contribution in [2.75, 3.05) is 0 Å². The number of halogens is 5. The Hall–Kier alpha value is -1.80. The number of H-pyrrole nitrogens is 1. The van der Waals surface area contributed by atoms with Crippen LogP contribution in [0.1, 0.15) is 16.1 Å². The standard InChI is InChI=1S/C10H5Cl2F3N4O/c11-5-2-3(1-4(6(5)12)10(13,14)15)7-8(9(16)20)18-19-17-7/h1-2H,(H2,16,20)(H,17,18,19). The Bertz CT molecular complexity index is 684. The summed E-state index contributed by atoms with van der Waals surface area (Å²) in [7, 11) is 0. The zero-order valence-electron chi connectivity index (χ0n) is 9.42. The van der Waals surface area contributed by atoms with Crippen molar-refractivity contribution in [3.05, 3.63) is 33.4 Å². The van der Waals surface area contributed by atoms with Crippen LogP contribution >= 0.6 is 23.2 Å². The molecule has 20 heavy (non-hydrogen) atoms. The van der Waals surface area contributed by atoms with Gasteiger partial charge in [-0.1, -0.05) is 23.2 Å². The lowest BCUT2D eigenvalue weighted by molar-refractivity contribution is -0.137. The van der Waals surface area contributed by atoms with Crippen LogP contribution in [0.15, 0.2) is 12.1 Å². The van der Waals surface area contributed by atoms with Crippen molar-refractivity contribution in [2.24, 2.45) is 5.73 Å². The Labute approximate surface area is 119 Å². The number of carbonyl (C=O) groups excluding carboxylic acids is 1. The van der Waals surface area contributed by atoms with Gasteiger partial charge in [0.25, 0.3) is 5.91 Å². The molecule has 1 heterocycles. The second kappa shape index (κ2) is 4.95. The van der Waals surface area contributed by atoms with Crippen LogP contribution in [0.5, 0.6) is 0 Å². The molecule has 1 aromatic heterocycles. The summed E-state index contributed by atoms with van der Waals surface area (Å²) in [5.41, 5.74) is 3.40. The Kier molecular flexibility index (Phi) is 3.61. The second-order valence-corrected chi connectivity index (χ2v) is 4.49. The lowest BCUT2D eigenvalue weighted by Crippen LogP contribution is -2.13. The van der Waals surface area contributed by atoms with Crippen molar-refractivity contribution in [3.63, 3.8) is 0 Å². The third kappa shape index (κ3) is 2.56. The molecule has 0 saturated heterocycles. The van der Waals surface area contributed by atoms with Gasteiger partial charge in [-0.15, -0.1) is 0 Å². The second-order valence-electron chi connectivity index (χ2n) is 3.70. The first kappa shape index (κ1) is 14.6. The summed E-state index contributed by atoms with van der Waals surface area (Å²) < 4.78 is 38.5. The number of hydrogen-bond donors (Lipinski definition) is 2. The highest BCUT2D eigenvalue weighted by atomic mass is 35.5. The molecule has 0 saturated carbocycles. The van der Waals surface area contributed by atoms with Gasteiger partial charge in [0.05, 0.1) is 15.6 Å². The number of aromatic nitrogens is 3. The molecule has 3 N–H and O–H groups in total. The first-order valence-corrected chi connectivity index (χ1v) is 5.74. The van der Waals surface area contributed by atoms with Crippen LogP contribution < -0.4 is 5.73 Å². The van der Waals surface area contributed by atoms with Crippen molar-refractivity contribution >= 4 is 29.1 Å². The van der Waals surface area contributed by atoms with Crippen LogP contribution in [0.2, 0.25) is 10.0 Å². The quantitative estimate of drug-likeness (QED) is 0.890. The van der Waals surface area contributed by atoms with Gasteiger partial charge in [0.1, 0.15) is 5.69 Å². The zero-order chi connectivity index (χ0) is 15.1. The molecular weight excluding hydrogens is 320 g/mol. The van der Waals surface area contributed by atoms with E-state index in [1.165, 1.54) is 0 Å². The molecule has 0 aliphatic carbocycles. The van der Waals surface area contributed by atoms with E-state index in [4.69, 9.17) is 28.9 Å². The van der Waals surface area contributed by atoms with Crippen molar-refractivity contribution in [1.82, 2.24) is 15.4 Å². The highest BCUT2D eigenvalue weighted by Gasteiger charge is 2.35. The molecule has 0 spiro atoms. The average Bonchev–Trinajstić information content (AvgIpc) is 2.80. The normalized spacial score (nSPS) is 11.7. The maximum absolute atomic E-state index is 12.8. The van der Waals surface area contributed by atoms with Crippen LogP contribution in [0.25, 0.3) is 11.3 Å². The van der Waals surface area contributed by atoms with E-state index in [2.05, 4.69) is 15.4 Å². The number of primary amides is 1. The Morgan fingerprint density at radius 3 is 2.45 bits per heavy atom. The number of rotatable bonds is 2. The lowest BCUT2D eigenvalue weighted by Gasteiger charge is -2.11. The van der Waals surface area contributed by atoms with E-state index in [1.54, 1.807) is 0 Å². The highest BCUT2D eigenvalue weighted by Crippen LogP contribution is 2.41. The first-order chi connectivity index (χ1) is 9.21. The minimum Gasteiger partial charge on any atom is -0.364 e. The number of nitrogens with two attached hydrogens (primary N) is 1. The van der Waals surface area contributed by atoms with E-state index < -0.39 is 22.7 Å².